The molecule has 0 saturated carbocycles. The number of carbonyl (C=O) groups is 2. The molecule has 0 aliphatic carbocycles. The summed E-state index contributed by atoms with van der Waals surface area (Å²) in [5.41, 5.74) is 0.722. The van der Waals surface area contributed by atoms with E-state index in [1.165, 1.54) is 0 Å². The lowest BCUT2D eigenvalue weighted by Crippen LogP contribution is -2.27. The van der Waals surface area contributed by atoms with E-state index >= 15 is 0 Å². The smallest absolute Gasteiger partial charge is 0.220 e. The van der Waals surface area contributed by atoms with Gasteiger partial charge in [0, 0.05) is 31.3 Å². The zero-order chi connectivity index (χ0) is 15.9. The normalized spacial score (nSPS) is 11.2. The molecule has 0 aromatic carbocycles. The minimum atomic E-state index is -0.128. The molecule has 0 aliphatic rings. The Hall–Kier alpha value is -1.85. The van der Waals surface area contributed by atoms with Crippen molar-refractivity contribution in [3.05, 3.63) is 17.3 Å². The van der Waals surface area contributed by atoms with Crippen molar-refractivity contribution in [2.75, 3.05) is 13.1 Å². The van der Waals surface area contributed by atoms with Crippen molar-refractivity contribution in [3.8, 4) is 0 Å². The molecule has 21 heavy (non-hydrogen) atoms. The van der Waals surface area contributed by atoms with Crippen LogP contribution in [0.5, 0.6) is 0 Å². The monoisotopic (exact) mass is 295 g/mol. The summed E-state index contributed by atoms with van der Waals surface area (Å²) in [7, 11) is 0. The fourth-order valence-electron chi connectivity index (χ4n) is 1.77. The number of rotatable bonds is 8. The first-order chi connectivity index (χ1) is 9.84. The summed E-state index contributed by atoms with van der Waals surface area (Å²) in [6.45, 7) is 9.16. The number of aromatic nitrogens is 1. The van der Waals surface area contributed by atoms with Gasteiger partial charge in [-0.1, -0.05) is 20.8 Å². The molecule has 1 rings (SSSR count). The molecular formula is C15H25N3O3. The van der Waals surface area contributed by atoms with E-state index < -0.39 is 0 Å². The maximum Gasteiger partial charge on any atom is 0.220 e. The molecule has 0 unspecified atom stereocenters. The molecule has 2 N–H and O–H groups in total. The number of oxazole rings is 1. The molecule has 6 nitrogen and oxygen atoms in total. The molecule has 1 aromatic heterocycles. The van der Waals surface area contributed by atoms with Gasteiger partial charge in [0.15, 0.2) is 5.89 Å². The topological polar surface area (TPSA) is 84.2 Å². The maximum atomic E-state index is 11.7. The minimum Gasteiger partial charge on any atom is -0.445 e. The standard InChI is InChI=1S/C15H25N3O3/c1-11-12(21-14(18-11)15(2,3)4)6-7-13(20)17-9-5-8-16-10-19/h10H,5-9H2,1-4H3,(H,16,19)(H,17,20). The first kappa shape index (κ1) is 17.2. The second-order valence-corrected chi connectivity index (χ2v) is 6.05. The molecule has 0 spiro atoms. The Morgan fingerprint density at radius 2 is 2.05 bits per heavy atom. The zero-order valence-electron chi connectivity index (χ0n) is 13.3. The van der Waals surface area contributed by atoms with Crippen LogP contribution in [0.1, 0.15) is 51.0 Å². The van der Waals surface area contributed by atoms with Gasteiger partial charge in [0.1, 0.15) is 5.76 Å². The molecular weight excluding hydrogens is 270 g/mol. The van der Waals surface area contributed by atoms with Crippen LogP contribution in [0.15, 0.2) is 4.42 Å². The largest absolute Gasteiger partial charge is 0.445 e. The summed E-state index contributed by atoms with van der Waals surface area (Å²) in [5.74, 6) is 1.46. The van der Waals surface area contributed by atoms with Crippen LogP contribution in [0.25, 0.3) is 0 Å². The lowest BCUT2D eigenvalue weighted by molar-refractivity contribution is -0.121. The van der Waals surface area contributed by atoms with E-state index in [2.05, 4.69) is 15.6 Å². The number of nitrogens with zero attached hydrogens (tertiary/aromatic N) is 1. The maximum absolute atomic E-state index is 11.7. The molecule has 0 atom stereocenters. The fraction of sp³-hybridized carbons (Fsp3) is 0.667. The van der Waals surface area contributed by atoms with E-state index in [0.29, 0.717) is 38.2 Å². The van der Waals surface area contributed by atoms with Gasteiger partial charge in [-0.3, -0.25) is 9.59 Å². The van der Waals surface area contributed by atoms with Crippen LogP contribution < -0.4 is 10.6 Å². The molecule has 2 amide bonds. The van der Waals surface area contributed by atoms with Gasteiger partial charge in [0.2, 0.25) is 12.3 Å². The summed E-state index contributed by atoms with van der Waals surface area (Å²) in [6, 6.07) is 0. The van der Waals surface area contributed by atoms with Gasteiger partial charge in [0.05, 0.1) is 5.69 Å². The SMILES string of the molecule is Cc1nc(C(C)(C)C)oc1CCC(=O)NCCCNC=O. The Balaban J connectivity index is 2.36. The van der Waals surface area contributed by atoms with Crippen LogP contribution in [0, 0.1) is 6.92 Å². The number of hydrogen-bond acceptors (Lipinski definition) is 4. The first-order valence-electron chi connectivity index (χ1n) is 7.25. The second-order valence-electron chi connectivity index (χ2n) is 6.05. The molecule has 0 saturated heterocycles. The molecule has 0 aliphatic heterocycles. The van der Waals surface area contributed by atoms with Crippen LogP contribution in [0.2, 0.25) is 0 Å². The summed E-state index contributed by atoms with van der Waals surface area (Å²) < 4.78 is 5.75. The quantitative estimate of drug-likeness (QED) is 0.562. The molecule has 6 heteroatoms. The van der Waals surface area contributed by atoms with E-state index in [1.807, 2.05) is 27.7 Å². The van der Waals surface area contributed by atoms with E-state index in [-0.39, 0.29) is 11.3 Å². The van der Waals surface area contributed by atoms with E-state index in [9.17, 15) is 9.59 Å². The van der Waals surface area contributed by atoms with Gasteiger partial charge < -0.3 is 15.1 Å². The lowest BCUT2D eigenvalue weighted by Gasteiger charge is -2.12. The van der Waals surface area contributed by atoms with Crippen molar-refractivity contribution in [3.63, 3.8) is 0 Å². The van der Waals surface area contributed by atoms with Crippen molar-refractivity contribution < 1.29 is 14.0 Å². The summed E-state index contributed by atoms with van der Waals surface area (Å²) in [6.07, 6.45) is 2.30. The van der Waals surface area contributed by atoms with Crippen molar-refractivity contribution in [2.24, 2.45) is 0 Å². The average molecular weight is 295 g/mol. The Labute approximate surface area is 125 Å². The highest BCUT2D eigenvalue weighted by atomic mass is 16.4. The molecule has 0 radical (unpaired) electrons. The Kier molecular flexibility index (Phi) is 6.39. The van der Waals surface area contributed by atoms with Crippen LogP contribution >= 0.6 is 0 Å². The highest BCUT2D eigenvalue weighted by molar-refractivity contribution is 5.76. The molecule has 1 heterocycles. The van der Waals surface area contributed by atoms with Crippen LogP contribution in [-0.4, -0.2) is 30.4 Å². The third-order valence-corrected chi connectivity index (χ3v) is 3.02. The number of amides is 2. The van der Waals surface area contributed by atoms with Gasteiger partial charge >= 0.3 is 0 Å². The molecule has 0 fully saturated rings. The highest BCUT2D eigenvalue weighted by Crippen LogP contribution is 2.24. The third-order valence-electron chi connectivity index (χ3n) is 3.02. The van der Waals surface area contributed by atoms with E-state index in [1.54, 1.807) is 0 Å². The van der Waals surface area contributed by atoms with Crippen molar-refractivity contribution in [2.45, 2.75) is 52.4 Å². The molecule has 1 aromatic rings. The fourth-order valence-corrected chi connectivity index (χ4v) is 1.77. The summed E-state index contributed by atoms with van der Waals surface area (Å²) in [4.78, 5) is 26.2. The predicted molar refractivity (Wildman–Crippen MR) is 80.0 cm³/mol. The third kappa shape index (κ3) is 5.97. The first-order valence-corrected chi connectivity index (χ1v) is 7.25. The van der Waals surface area contributed by atoms with Crippen LogP contribution in [0.4, 0.5) is 0 Å². The minimum absolute atomic E-state index is 0.0192. The summed E-state index contributed by atoms with van der Waals surface area (Å²) in [5, 5.41) is 5.36. The van der Waals surface area contributed by atoms with E-state index in [4.69, 9.17) is 4.42 Å². The number of aryl methyl sites for hydroxylation is 2. The predicted octanol–water partition coefficient (Wildman–Crippen LogP) is 1.47. The molecule has 0 bridgehead atoms. The highest BCUT2D eigenvalue weighted by Gasteiger charge is 2.22. The number of hydrogen-bond donors (Lipinski definition) is 2. The van der Waals surface area contributed by atoms with Crippen LogP contribution in [0.3, 0.4) is 0 Å². The molecule has 118 valence electrons. The van der Waals surface area contributed by atoms with Gasteiger partial charge in [-0.2, -0.15) is 0 Å². The van der Waals surface area contributed by atoms with Gasteiger partial charge in [-0.15, -0.1) is 0 Å². The number of nitrogens with one attached hydrogen (secondary N) is 2. The van der Waals surface area contributed by atoms with Gasteiger partial charge in [0.25, 0.3) is 0 Å². The van der Waals surface area contributed by atoms with Crippen LogP contribution in [-0.2, 0) is 21.4 Å². The van der Waals surface area contributed by atoms with Crippen molar-refractivity contribution in [1.29, 1.82) is 0 Å². The second kappa shape index (κ2) is 7.81. The Bertz CT molecular complexity index is 475. The summed E-state index contributed by atoms with van der Waals surface area (Å²) >= 11 is 0. The Morgan fingerprint density at radius 1 is 1.33 bits per heavy atom. The van der Waals surface area contributed by atoms with Gasteiger partial charge in [-0.05, 0) is 13.3 Å². The average Bonchev–Trinajstić information content (AvgIpc) is 2.77. The van der Waals surface area contributed by atoms with E-state index in [0.717, 1.165) is 17.9 Å². The zero-order valence-corrected chi connectivity index (χ0v) is 13.3. The van der Waals surface area contributed by atoms with Crippen molar-refractivity contribution >= 4 is 12.3 Å². The Morgan fingerprint density at radius 3 is 2.62 bits per heavy atom. The number of carbonyl (C=O) groups excluding carboxylic acids is 2. The van der Waals surface area contributed by atoms with Gasteiger partial charge in [-0.25, -0.2) is 4.98 Å². The lowest BCUT2D eigenvalue weighted by atomic mass is 9.97. The van der Waals surface area contributed by atoms with Crippen molar-refractivity contribution in [1.82, 2.24) is 15.6 Å².